The number of carbonyl (C=O) groups is 1. The van der Waals surface area contributed by atoms with Crippen molar-refractivity contribution in [3.8, 4) is 17.0 Å². The van der Waals surface area contributed by atoms with Crippen LogP contribution in [0.25, 0.3) is 11.3 Å². The van der Waals surface area contributed by atoms with Crippen molar-refractivity contribution in [1.29, 1.82) is 0 Å². The van der Waals surface area contributed by atoms with Crippen molar-refractivity contribution in [2.75, 3.05) is 23.7 Å². The molecule has 1 aliphatic rings. The van der Waals surface area contributed by atoms with Gasteiger partial charge in [-0.15, -0.1) is 13.2 Å². The summed E-state index contributed by atoms with van der Waals surface area (Å²) in [6.07, 6.45) is 0.867. The van der Waals surface area contributed by atoms with Crippen molar-refractivity contribution in [2.24, 2.45) is 0 Å². The number of amides is 1. The minimum Gasteiger partial charge on any atom is -0.444 e. The maximum absolute atomic E-state index is 12.6. The third-order valence-electron chi connectivity index (χ3n) is 4.83. The number of benzene rings is 1. The second kappa shape index (κ2) is 9.84. The third kappa shape index (κ3) is 6.71. The molecule has 1 aromatic carbocycles. The van der Waals surface area contributed by atoms with Gasteiger partial charge in [-0.25, -0.2) is 19.7 Å². The number of nitrogens with one attached hydrogen (secondary N) is 2. The molecule has 0 radical (unpaired) electrons. The van der Waals surface area contributed by atoms with E-state index in [9.17, 15) is 18.0 Å². The summed E-state index contributed by atoms with van der Waals surface area (Å²) < 4.78 is 47.3. The molecular formula is C23H24F3N7O3. The van der Waals surface area contributed by atoms with Gasteiger partial charge in [-0.3, -0.25) is 4.98 Å². The fourth-order valence-electron chi connectivity index (χ4n) is 3.26. The van der Waals surface area contributed by atoms with Gasteiger partial charge in [-0.2, -0.15) is 0 Å². The number of hydrogen-bond donors (Lipinski definition) is 2. The van der Waals surface area contributed by atoms with Crippen LogP contribution in [0.5, 0.6) is 5.75 Å². The molecule has 190 valence electrons. The first-order valence-electron chi connectivity index (χ1n) is 11.0. The summed E-state index contributed by atoms with van der Waals surface area (Å²) in [5.74, 6) is 0.196. The van der Waals surface area contributed by atoms with Crippen LogP contribution in [0.4, 0.5) is 35.4 Å². The summed E-state index contributed by atoms with van der Waals surface area (Å²) in [7, 11) is 0. The number of hydrogen-bond acceptors (Lipinski definition) is 9. The minimum absolute atomic E-state index is 0.00359. The van der Waals surface area contributed by atoms with Crippen molar-refractivity contribution < 1.29 is 27.4 Å². The molecule has 2 N–H and O–H groups in total. The summed E-state index contributed by atoms with van der Waals surface area (Å²) in [6.45, 7) is 6.40. The van der Waals surface area contributed by atoms with Gasteiger partial charge in [0.1, 0.15) is 11.4 Å². The molecular weight excluding hydrogens is 479 g/mol. The molecule has 0 bridgehead atoms. The van der Waals surface area contributed by atoms with Gasteiger partial charge in [0.25, 0.3) is 0 Å². The maximum Gasteiger partial charge on any atom is 0.573 e. The van der Waals surface area contributed by atoms with Crippen LogP contribution < -0.4 is 15.4 Å². The smallest absolute Gasteiger partial charge is 0.444 e. The number of carbonyl (C=O) groups excluding carboxylic acids is 1. The van der Waals surface area contributed by atoms with E-state index in [0.717, 1.165) is 0 Å². The molecule has 0 aliphatic carbocycles. The number of halogens is 3. The average Bonchev–Trinajstić information content (AvgIpc) is 2.76. The molecule has 0 saturated carbocycles. The van der Waals surface area contributed by atoms with Crippen molar-refractivity contribution >= 4 is 23.5 Å². The van der Waals surface area contributed by atoms with Crippen LogP contribution >= 0.6 is 0 Å². The van der Waals surface area contributed by atoms with Crippen molar-refractivity contribution in [3.05, 3.63) is 49.1 Å². The zero-order chi connectivity index (χ0) is 25.9. The number of aromatic nitrogens is 4. The molecule has 13 heteroatoms. The topological polar surface area (TPSA) is 114 Å². The lowest BCUT2D eigenvalue weighted by Gasteiger charge is -2.40. The van der Waals surface area contributed by atoms with E-state index in [1.54, 1.807) is 17.2 Å². The Kier molecular flexibility index (Phi) is 6.82. The van der Waals surface area contributed by atoms with Crippen molar-refractivity contribution in [1.82, 2.24) is 24.8 Å². The Hall–Kier alpha value is -4.16. The van der Waals surface area contributed by atoms with E-state index in [0.29, 0.717) is 30.2 Å². The summed E-state index contributed by atoms with van der Waals surface area (Å²) in [5.41, 5.74) is 0.564. The van der Waals surface area contributed by atoms with Crippen LogP contribution in [0, 0.1) is 0 Å². The van der Waals surface area contributed by atoms with E-state index in [1.807, 2.05) is 20.8 Å². The average molecular weight is 503 g/mol. The quantitative estimate of drug-likeness (QED) is 0.498. The fourth-order valence-corrected chi connectivity index (χ4v) is 3.26. The summed E-state index contributed by atoms with van der Waals surface area (Å²) in [5, 5.41) is 5.94. The monoisotopic (exact) mass is 503 g/mol. The standard InChI is InChI=1S/C23H24F3N7O3/c1-22(2,3)36-21(34)33-12-15(13-33)30-19-11-27-10-17(31-19)14-8-28-20(29-9-14)32-16-6-4-5-7-18(16)35-23(24,25)26/h4-11,15H,12-13H2,1-3H3,(H,30,31)(H,28,29,32). The first-order chi connectivity index (χ1) is 16.9. The highest BCUT2D eigenvalue weighted by Gasteiger charge is 2.34. The summed E-state index contributed by atoms with van der Waals surface area (Å²) in [4.78, 5) is 30.7. The maximum atomic E-state index is 12.6. The summed E-state index contributed by atoms with van der Waals surface area (Å²) >= 11 is 0. The van der Waals surface area contributed by atoms with Gasteiger partial charge in [-0.1, -0.05) is 12.1 Å². The normalized spacial score (nSPS) is 14.1. The molecule has 1 aliphatic heterocycles. The second-order valence-electron chi connectivity index (χ2n) is 8.98. The van der Waals surface area contributed by atoms with Gasteiger partial charge in [0, 0.05) is 31.0 Å². The zero-order valence-corrected chi connectivity index (χ0v) is 19.7. The van der Waals surface area contributed by atoms with Crippen LogP contribution in [0.2, 0.25) is 0 Å². The van der Waals surface area contributed by atoms with E-state index >= 15 is 0 Å². The highest BCUT2D eigenvalue weighted by Crippen LogP contribution is 2.31. The van der Waals surface area contributed by atoms with Crippen LogP contribution in [0.1, 0.15) is 20.8 Å². The van der Waals surface area contributed by atoms with Crippen LogP contribution in [-0.2, 0) is 4.74 Å². The molecule has 2 aromatic heterocycles. The van der Waals surface area contributed by atoms with Gasteiger partial charge in [0.15, 0.2) is 5.75 Å². The molecule has 3 heterocycles. The molecule has 0 spiro atoms. The van der Waals surface area contributed by atoms with Gasteiger partial charge in [-0.05, 0) is 32.9 Å². The highest BCUT2D eigenvalue weighted by molar-refractivity contribution is 5.70. The van der Waals surface area contributed by atoms with Crippen LogP contribution in [-0.4, -0.2) is 62.0 Å². The van der Waals surface area contributed by atoms with E-state index in [4.69, 9.17) is 4.74 Å². The van der Waals surface area contributed by atoms with Gasteiger partial charge < -0.3 is 25.0 Å². The lowest BCUT2D eigenvalue weighted by Crippen LogP contribution is -2.58. The van der Waals surface area contributed by atoms with E-state index in [2.05, 4.69) is 35.3 Å². The highest BCUT2D eigenvalue weighted by atomic mass is 19.4. The first kappa shape index (κ1) is 24.9. The minimum atomic E-state index is -4.83. The third-order valence-corrected chi connectivity index (χ3v) is 4.83. The lowest BCUT2D eigenvalue weighted by atomic mass is 10.1. The fraction of sp³-hybridized carbons (Fsp3) is 0.348. The van der Waals surface area contributed by atoms with Gasteiger partial charge >= 0.3 is 12.5 Å². The Morgan fingerprint density at radius 3 is 2.42 bits per heavy atom. The van der Waals surface area contributed by atoms with Crippen LogP contribution in [0.15, 0.2) is 49.1 Å². The number of alkyl halides is 3. The Morgan fingerprint density at radius 2 is 1.75 bits per heavy atom. The van der Waals surface area contributed by atoms with Crippen molar-refractivity contribution in [3.63, 3.8) is 0 Å². The number of ether oxygens (including phenoxy) is 2. The molecule has 1 amide bonds. The predicted molar refractivity (Wildman–Crippen MR) is 125 cm³/mol. The lowest BCUT2D eigenvalue weighted by molar-refractivity contribution is -0.274. The van der Waals surface area contributed by atoms with Gasteiger partial charge in [0.2, 0.25) is 5.95 Å². The number of likely N-dealkylation sites (tertiary alicyclic amines) is 1. The largest absolute Gasteiger partial charge is 0.573 e. The number of nitrogens with zero attached hydrogens (tertiary/aromatic N) is 5. The van der Waals surface area contributed by atoms with Crippen LogP contribution in [0.3, 0.4) is 0 Å². The molecule has 36 heavy (non-hydrogen) atoms. The summed E-state index contributed by atoms with van der Waals surface area (Å²) in [6, 6.07) is 5.59. The molecule has 0 unspecified atom stereocenters. The SMILES string of the molecule is CC(C)(C)OC(=O)N1CC(Nc2cncc(-c3cnc(Nc4ccccc4OC(F)(F)F)nc3)n2)C1. The Morgan fingerprint density at radius 1 is 1.06 bits per heavy atom. The second-order valence-corrected chi connectivity index (χ2v) is 8.98. The molecule has 10 nitrogen and oxygen atoms in total. The zero-order valence-electron chi connectivity index (χ0n) is 19.7. The van der Waals surface area contributed by atoms with E-state index in [-0.39, 0.29) is 23.8 Å². The molecule has 1 saturated heterocycles. The Labute approximate surface area is 204 Å². The number of rotatable bonds is 6. The van der Waals surface area contributed by atoms with Gasteiger partial charge in [0.05, 0.1) is 29.8 Å². The molecule has 3 aromatic rings. The number of para-hydroxylation sites is 2. The first-order valence-corrected chi connectivity index (χ1v) is 11.0. The van der Waals surface area contributed by atoms with E-state index < -0.39 is 17.7 Å². The predicted octanol–water partition coefficient (Wildman–Crippen LogP) is 4.61. The Balaban J connectivity index is 1.37. The Bertz CT molecular complexity index is 1210. The molecule has 0 atom stereocenters. The van der Waals surface area contributed by atoms with E-state index in [1.165, 1.54) is 36.8 Å². The molecule has 1 fully saturated rings. The number of anilines is 3. The van der Waals surface area contributed by atoms with Crippen molar-refractivity contribution in [2.45, 2.75) is 38.8 Å². The molecule has 4 rings (SSSR count).